The second-order valence-corrected chi connectivity index (χ2v) is 5.98. The fourth-order valence-corrected chi connectivity index (χ4v) is 2.42. The van der Waals surface area contributed by atoms with Crippen LogP contribution in [-0.4, -0.2) is 31.2 Å². The molecule has 0 unspecified atom stereocenters. The van der Waals surface area contributed by atoms with E-state index in [9.17, 15) is 13.2 Å². The maximum atomic E-state index is 11.8. The first kappa shape index (κ1) is 15.7. The van der Waals surface area contributed by atoms with E-state index in [-0.39, 0.29) is 6.61 Å². The Bertz CT molecular complexity index is 404. The summed E-state index contributed by atoms with van der Waals surface area (Å²) in [6.45, 7) is -0.182. The zero-order valence-corrected chi connectivity index (χ0v) is 11.9. The minimum atomic E-state index is -4.24. The van der Waals surface area contributed by atoms with Crippen LogP contribution in [0.4, 0.5) is 13.2 Å². The molecule has 0 saturated heterocycles. The van der Waals surface area contributed by atoms with Gasteiger partial charge in [-0.1, -0.05) is 12.1 Å². The maximum absolute atomic E-state index is 11.8. The van der Waals surface area contributed by atoms with Gasteiger partial charge in [0, 0.05) is 23.2 Å². The van der Waals surface area contributed by atoms with Crippen molar-refractivity contribution in [2.24, 2.45) is 0 Å². The van der Waals surface area contributed by atoms with Gasteiger partial charge in [0.1, 0.15) is 6.61 Å². The van der Waals surface area contributed by atoms with E-state index in [0.29, 0.717) is 11.8 Å². The van der Waals surface area contributed by atoms with Crippen LogP contribution in [0, 0.1) is 0 Å². The molecule has 0 aliphatic heterocycles. The van der Waals surface area contributed by atoms with Gasteiger partial charge in [0.25, 0.3) is 0 Å². The zero-order chi connectivity index (χ0) is 14.4. The van der Waals surface area contributed by atoms with Crippen LogP contribution in [-0.2, 0) is 11.3 Å². The van der Waals surface area contributed by atoms with Gasteiger partial charge in [-0.15, -0.1) is 11.8 Å². The van der Waals surface area contributed by atoms with E-state index in [4.69, 9.17) is 0 Å². The number of halogens is 3. The third kappa shape index (κ3) is 6.63. The van der Waals surface area contributed by atoms with Crippen molar-refractivity contribution in [3.63, 3.8) is 0 Å². The molecule has 1 aromatic rings. The number of hydrogen-bond acceptors (Lipinski definition) is 3. The minimum Gasteiger partial charge on any atom is -0.371 e. The highest BCUT2D eigenvalue weighted by Crippen LogP contribution is 2.21. The van der Waals surface area contributed by atoms with Gasteiger partial charge >= 0.3 is 6.18 Å². The summed E-state index contributed by atoms with van der Waals surface area (Å²) < 4.78 is 40.1. The third-order valence-electron chi connectivity index (χ3n) is 2.86. The lowest BCUT2D eigenvalue weighted by Crippen LogP contribution is -2.17. The van der Waals surface area contributed by atoms with Crippen LogP contribution in [0.1, 0.15) is 18.4 Å². The van der Waals surface area contributed by atoms with E-state index in [0.717, 1.165) is 11.4 Å². The van der Waals surface area contributed by atoms with Gasteiger partial charge in [0.15, 0.2) is 0 Å². The normalized spacial score (nSPS) is 15.6. The minimum absolute atomic E-state index is 0.106. The average molecular weight is 305 g/mol. The van der Waals surface area contributed by atoms with Gasteiger partial charge in [0.2, 0.25) is 0 Å². The van der Waals surface area contributed by atoms with E-state index >= 15 is 0 Å². The fraction of sp³-hybridized carbons (Fsp3) is 0.571. The molecule has 112 valence electrons. The third-order valence-corrected chi connectivity index (χ3v) is 3.83. The molecular formula is C14H18F3NOS. The van der Waals surface area contributed by atoms with Gasteiger partial charge < -0.3 is 10.1 Å². The van der Waals surface area contributed by atoms with E-state index < -0.39 is 12.8 Å². The van der Waals surface area contributed by atoms with Gasteiger partial charge in [-0.25, -0.2) is 0 Å². The van der Waals surface area contributed by atoms with Gasteiger partial charge in [-0.2, -0.15) is 13.2 Å². The fourth-order valence-electron chi connectivity index (χ4n) is 1.66. The van der Waals surface area contributed by atoms with Gasteiger partial charge in [0.05, 0.1) is 6.61 Å². The summed E-state index contributed by atoms with van der Waals surface area (Å²) in [7, 11) is 0. The molecule has 0 atom stereocenters. The Morgan fingerprint density at radius 3 is 2.50 bits per heavy atom. The molecule has 0 aromatic heterocycles. The molecule has 0 spiro atoms. The van der Waals surface area contributed by atoms with Crippen molar-refractivity contribution in [3.05, 3.63) is 29.8 Å². The van der Waals surface area contributed by atoms with E-state index in [2.05, 4.69) is 10.1 Å². The second kappa shape index (κ2) is 7.33. The SMILES string of the molecule is FC(F)(F)COCCSc1ccc(CNC2CC2)cc1. The summed E-state index contributed by atoms with van der Waals surface area (Å²) >= 11 is 1.50. The molecule has 1 saturated carbocycles. The van der Waals surface area contributed by atoms with Gasteiger partial charge in [-0.3, -0.25) is 0 Å². The average Bonchev–Trinajstić information content (AvgIpc) is 3.20. The lowest BCUT2D eigenvalue weighted by atomic mass is 10.2. The smallest absolute Gasteiger partial charge is 0.371 e. The predicted molar refractivity (Wildman–Crippen MR) is 73.9 cm³/mol. The first-order valence-corrected chi connectivity index (χ1v) is 7.61. The summed E-state index contributed by atoms with van der Waals surface area (Å²) in [6.07, 6.45) is -1.70. The molecule has 1 aromatic carbocycles. The molecule has 0 bridgehead atoms. The number of ether oxygens (including phenoxy) is 1. The summed E-state index contributed by atoms with van der Waals surface area (Å²) in [6, 6.07) is 8.79. The van der Waals surface area contributed by atoms with Crippen molar-refractivity contribution >= 4 is 11.8 Å². The van der Waals surface area contributed by atoms with Crippen LogP contribution in [0.5, 0.6) is 0 Å². The highest BCUT2D eigenvalue weighted by atomic mass is 32.2. The van der Waals surface area contributed by atoms with Crippen LogP contribution >= 0.6 is 11.8 Å². The van der Waals surface area contributed by atoms with E-state index in [1.807, 2.05) is 24.3 Å². The van der Waals surface area contributed by atoms with E-state index in [1.54, 1.807) is 0 Å². The van der Waals surface area contributed by atoms with Crippen molar-refractivity contribution in [1.82, 2.24) is 5.32 Å². The number of benzene rings is 1. The molecule has 6 heteroatoms. The van der Waals surface area contributed by atoms with Crippen LogP contribution in [0.15, 0.2) is 29.2 Å². The molecule has 2 rings (SSSR count). The van der Waals surface area contributed by atoms with Crippen LogP contribution in [0.3, 0.4) is 0 Å². The lowest BCUT2D eigenvalue weighted by Gasteiger charge is -2.08. The molecule has 1 N–H and O–H groups in total. The Morgan fingerprint density at radius 2 is 1.90 bits per heavy atom. The Labute approximate surface area is 121 Å². The topological polar surface area (TPSA) is 21.3 Å². The Hall–Kier alpha value is -0.720. The number of hydrogen-bond donors (Lipinski definition) is 1. The Balaban J connectivity index is 1.60. The monoisotopic (exact) mass is 305 g/mol. The molecule has 20 heavy (non-hydrogen) atoms. The zero-order valence-electron chi connectivity index (χ0n) is 11.1. The summed E-state index contributed by atoms with van der Waals surface area (Å²) in [5.74, 6) is 0.524. The molecule has 0 heterocycles. The largest absolute Gasteiger partial charge is 0.411 e. The molecule has 0 amide bonds. The number of alkyl halides is 3. The van der Waals surface area contributed by atoms with Crippen LogP contribution < -0.4 is 5.32 Å². The summed E-state index contributed by atoms with van der Waals surface area (Å²) in [5, 5.41) is 3.43. The molecule has 0 radical (unpaired) electrons. The molecule has 1 aliphatic carbocycles. The standard InChI is InChI=1S/C14H18F3NOS/c15-14(16,17)10-19-7-8-20-13-5-1-11(2-6-13)9-18-12-3-4-12/h1-2,5-6,12,18H,3-4,7-10H2. The molecule has 1 fully saturated rings. The summed E-state index contributed by atoms with van der Waals surface area (Å²) in [4.78, 5) is 1.05. The van der Waals surface area contributed by atoms with Crippen molar-refractivity contribution in [2.45, 2.75) is 36.5 Å². The van der Waals surface area contributed by atoms with Crippen molar-refractivity contribution < 1.29 is 17.9 Å². The second-order valence-electron chi connectivity index (χ2n) is 4.82. The van der Waals surface area contributed by atoms with Crippen LogP contribution in [0.2, 0.25) is 0 Å². The molecular weight excluding hydrogens is 287 g/mol. The highest BCUT2D eigenvalue weighted by molar-refractivity contribution is 7.99. The Kier molecular flexibility index (Phi) is 5.74. The predicted octanol–water partition coefficient (Wildman–Crippen LogP) is 3.61. The molecule has 2 nitrogen and oxygen atoms in total. The maximum Gasteiger partial charge on any atom is 0.411 e. The van der Waals surface area contributed by atoms with Gasteiger partial charge in [-0.05, 0) is 30.5 Å². The first-order valence-electron chi connectivity index (χ1n) is 6.62. The number of nitrogens with one attached hydrogen (secondary N) is 1. The summed E-state index contributed by atoms with van der Waals surface area (Å²) in [5.41, 5.74) is 1.23. The van der Waals surface area contributed by atoms with E-state index in [1.165, 1.54) is 30.2 Å². The van der Waals surface area contributed by atoms with Crippen LogP contribution in [0.25, 0.3) is 0 Å². The van der Waals surface area contributed by atoms with Crippen molar-refractivity contribution in [2.75, 3.05) is 19.0 Å². The van der Waals surface area contributed by atoms with Crippen molar-refractivity contribution in [3.8, 4) is 0 Å². The first-order chi connectivity index (χ1) is 9.53. The molecule has 1 aliphatic rings. The highest BCUT2D eigenvalue weighted by Gasteiger charge is 2.27. The number of thioether (sulfide) groups is 1. The lowest BCUT2D eigenvalue weighted by molar-refractivity contribution is -0.172. The Morgan fingerprint density at radius 1 is 1.20 bits per heavy atom. The quantitative estimate of drug-likeness (QED) is 0.585. The number of rotatable bonds is 8. The van der Waals surface area contributed by atoms with Crippen molar-refractivity contribution in [1.29, 1.82) is 0 Å².